The lowest BCUT2D eigenvalue weighted by Crippen LogP contribution is -2.38. The second-order valence-corrected chi connectivity index (χ2v) is 7.31. The molecule has 0 saturated carbocycles. The summed E-state index contributed by atoms with van der Waals surface area (Å²) in [5, 5.41) is 10.0. The van der Waals surface area contributed by atoms with E-state index in [-0.39, 0.29) is 24.0 Å². The molecule has 0 spiro atoms. The van der Waals surface area contributed by atoms with Gasteiger partial charge in [0, 0.05) is 19.0 Å². The summed E-state index contributed by atoms with van der Waals surface area (Å²) in [6.45, 7) is 14.1. The minimum Gasteiger partial charge on any atom is -0.356 e. The van der Waals surface area contributed by atoms with Gasteiger partial charge in [0.15, 0.2) is 5.96 Å². The third-order valence-electron chi connectivity index (χ3n) is 3.81. The van der Waals surface area contributed by atoms with Crippen molar-refractivity contribution in [3.05, 3.63) is 16.1 Å². The molecule has 146 valence electrons. The van der Waals surface area contributed by atoms with E-state index in [0.29, 0.717) is 5.92 Å². The van der Waals surface area contributed by atoms with E-state index >= 15 is 0 Å². The van der Waals surface area contributed by atoms with Crippen molar-refractivity contribution in [1.82, 2.24) is 20.5 Å². The van der Waals surface area contributed by atoms with E-state index in [1.165, 1.54) is 31.6 Å². The lowest BCUT2D eigenvalue weighted by Gasteiger charge is -2.21. The van der Waals surface area contributed by atoms with Gasteiger partial charge in [-0.25, -0.2) is 4.98 Å². The molecule has 0 aliphatic rings. The van der Waals surface area contributed by atoms with Crippen molar-refractivity contribution in [3.8, 4) is 0 Å². The van der Waals surface area contributed by atoms with E-state index in [0.717, 1.165) is 37.0 Å². The van der Waals surface area contributed by atoms with Crippen LogP contribution in [0.15, 0.2) is 10.4 Å². The topological polar surface area (TPSA) is 52.5 Å². The van der Waals surface area contributed by atoms with Gasteiger partial charge in [-0.2, -0.15) is 0 Å². The van der Waals surface area contributed by atoms with Crippen LogP contribution in [-0.4, -0.2) is 49.1 Å². The molecular weight excluding hydrogens is 445 g/mol. The lowest BCUT2D eigenvalue weighted by atomic mass is 10.2. The Morgan fingerprint density at radius 1 is 1.20 bits per heavy atom. The molecule has 0 amide bonds. The molecule has 0 unspecified atom stereocenters. The highest BCUT2D eigenvalue weighted by Gasteiger charge is 2.06. The number of guanidine groups is 1. The van der Waals surface area contributed by atoms with Gasteiger partial charge in [-0.05, 0) is 44.8 Å². The maximum atomic E-state index is 4.64. The first kappa shape index (κ1) is 24.6. The van der Waals surface area contributed by atoms with Crippen molar-refractivity contribution in [2.24, 2.45) is 4.99 Å². The Morgan fingerprint density at radius 3 is 2.40 bits per heavy atom. The molecule has 1 rings (SSSR count). The Balaban J connectivity index is 0.00000576. The fraction of sp³-hybridized carbons (Fsp3) is 0.778. The van der Waals surface area contributed by atoms with E-state index in [4.69, 9.17) is 0 Å². The molecule has 0 aromatic carbocycles. The molecule has 0 saturated heterocycles. The van der Waals surface area contributed by atoms with Gasteiger partial charge in [-0.1, -0.05) is 27.7 Å². The summed E-state index contributed by atoms with van der Waals surface area (Å²) in [5.74, 6) is 1.34. The van der Waals surface area contributed by atoms with Crippen molar-refractivity contribution < 1.29 is 0 Å². The second-order valence-electron chi connectivity index (χ2n) is 6.37. The van der Waals surface area contributed by atoms with Crippen molar-refractivity contribution in [3.63, 3.8) is 0 Å². The predicted molar refractivity (Wildman–Crippen MR) is 121 cm³/mol. The molecule has 5 nitrogen and oxygen atoms in total. The fourth-order valence-electron chi connectivity index (χ4n) is 2.53. The van der Waals surface area contributed by atoms with Crippen LogP contribution in [0.3, 0.4) is 0 Å². The van der Waals surface area contributed by atoms with Crippen LogP contribution in [0, 0.1) is 0 Å². The zero-order chi connectivity index (χ0) is 17.8. The predicted octanol–water partition coefficient (Wildman–Crippen LogP) is 4.06. The van der Waals surface area contributed by atoms with Gasteiger partial charge in [0.25, 0.3) is 0 Å². The summed E-state index contributed by atoms with van der Waals surface area (Å²) in [7, 11) is 1.82. The molecule has 0 aliphatic heterocycles. The number of aromatic nitrogens is 1. The minimum atomic E-state index is 0. The monoisotopic (exact) mass is 481 g/mol. The lowest BCUT2D eigenvalue weighted by molar-refractivity contribution is 0.271. The molecule has 1 aromatic rings. The van der Waals surface area contributed by atoms with Gasteiger partial charge < -0.3 is 15.5 Å². The summed E-state index contributed by atoms with van der Waals surface area (Å²) in [4.78, 5) is 11.5. The molecule has 0 radical (unpaired) electrons. The van der Waals surface area contributed by atoms with Crippen LogP contribution in [0.2, 0.25) is 0 Å². The number of thiazole rings is 1. The van der Waals surface area contributed by atoms with Gasteiger partial charge in [-0.3, -0.25) is 4.99 Å². The molecule has 0 fully saturated rings. The van der Waals surface area contributed by atoms with E-state index in [1.54, 1.807) is 11.3 Å². The SMILES string of the molecule is CCCN(CCC)CCCNC(=NC)NCc1nc(C(C)C)cs1.I. The zero-order valence-electron chi connectivity index (χ0n) is 16.5. The number of aliphatic imine (C=N–C) groups is 1. The third kappa shape index (κ3) is 10.4. The van der Waals surface area contributed by atoms with Crippen LogP contribution in [-0.2, 0) is 6.54 Å². The maximum Gasteiger partial charge on any atom is 0.191 e. The summed E-state index contributed by atoms with van der Waals surface area (Å²) in [5.41, 5.74) is 1.17. The van der Waals surface area contributed by atoms with Crippen LogP contribution in [0.25, 0.3) is 0 Å². The van der Waals surface area contributed by atoms with E-state index in [2.05, 4.69) is 58.6 Å². The number of halogens is 1. The summed E-state index contributed by atoms with van der Waals surface area (Å²) in [6.07, 6.45) is 3.58. The Labute approximate surface area is 175 Å². The van der Waals surface area contributed by atoms with E-state index < -0.39 is 0 Å². The average Bonchev–Trinajstić information content (AvgIpc) is 3.04. The smallest absolute Gasteiger partial charge is 0.191 e. The number of hydrogen-bond acceptors (Lipinski definition) is 4. The van der Waals surface area contributed by atoms with Crippen molar-refractivity contribution in [2.75, 3.05) is 33.2 Å². The normalized spacial score (nSPS) is 11.7. The van der Waals surface area contributed by atoms with Crippen LogP contribution in [0.1, 0.15) is 63.6 Å². The zero-order valence-corrected chi connectivity index (χ0v) is 19.6. The van der Waals surface area contributed by atoms with E-state index in [9.17, 15) is 0 Å². The van der Waals surface area contributed by atoms with Gasteiger partial charge in [0.05, 0.1) is 12.2 Å². The third-order valence-corrected chi connectivity index (χ3v) is 4.68. The van der Waals surface area contributed by atoms with Gasteiger partial charge in [-0.15, -0.1) is 35.3 Å². The van der Waals surface area contributed by atoms with Gasteiger partial charge >= 0.3 is 0 Å². The van der Waals surface area contributed by atoms with Gasteiger partial charge in [0.2, 0.25) is 0 Å². The van der Waals surface area contributed by atoms with Crippen LogP contribution < -0.4 is 10.6 Å². The number of nitrogens with zero attached hydrogens (tertiary/aromatic N) is 3. The van der Waals surface area contributed by atoms with Crippen LogP contribution in [0.4, 0.5) is 0 Å². The molecular formula is C18H36IN5S. The van der Waals surface area contributed by atoms with Crippen molar-refractivity contribution in [2.45, 2.75) is 59.4 Å². The largest absolute Gasteiger partial charge is 0.356 e. The molecule has 1 aromatic heterocycles. The molecule has 7 heteroatoms. The number of rotatable bonds is 11. The highest BCUT2D eigenvalue weighted by atomic mass is 127. The molecule has 25 heavy (non-hydrogen) atoms. The maximum absolute atomic E-state index is 4.64. The summed E-state index contributed by atoms with van der Waals surface area (Å²) < 4.78 is 0. The highest BCUT2D eigenvalue weighted by Crippen LogP contribution is 2.17. The summed E-state index contributed by atoms with van der Waals surface area (Å²) >= 11 is 1.71. The van der Waals surface area contributed by atoms with Crippen LogP contribution in [0.5, 0.6) is 0 Å². The molecule has 0 atom stereocenters. The molecule has 1 heterocycles. The van der Waals surface area contributed by atoms with Gasteiger partial charge in [0.1, 0.15) is 5.01 Å². The Hall–Kier alpha value is -0.410. The minimum absolute atomic E-state index is 0. The quantitative estimate of drug-likeness (QED) is 0.217. The Kier molecular flexibility index (Phi) is 14.5. The summed E-state index contributed by atoms with van der Waals surface area (Å²) in [6, 6.07) is 0. The average molecular weight is 481 g/mol. The van der Waals surface area contributed by atoms with Crippen LogP contribution >= 0.6 is 35.3 Å². The fourth-order valence-corrected chi connectivity index (χ4v) is 3.42. The Morgan fingerprint density at radius 2 is 1.88 bits per heavy atom. The Bertz CT molecular complexity index is 470. The van der Waals surface area contributed by atoms with Crippen molar-refractivity contribution >= 4 is 41.3 Å². The first-order valence-electron chi connectivity index (χ1n) is 9.21. The molecule has 0 bridgehead atoms. The number of hydrogen-bond donors (Lipinski definition) is 2. The van der Waals surface area contributed by atoms with E-state index in [1.807, 2.05) is 7.05 Å². The molecule has 2 N–H and O–H groups in total. The van der Waals surface area contributed by atoms with Crippen molar-refractivity contribution in [1.29, 1.82) is 0 Å². The highest BCUT2D eigenvalue weighted by molar-refractivity contribution is 14.0. The number of nitrogens with one attached hydrogen (secondary N) is 2. The molecule has 0 aliphatic carbocycles. The second kappa shape index (κ2) is 14.7. The first-order valence-corrected chi connectivity index (χ1v) is 10.1. The first-order chi connectivity index (χ1) is 11.6. The standard InChI is InChI=1S/C18H35N5S.HI/c1-6-10-23(11-7-2)12-8-9-20-18(19-5)21-13-17-22-16(14-24-17)15(3)4;/h14-15H,6-13H2,1-5H3,(H2,19,20,21);1H.